The molecule has 8 rings (SSSR count). The molecule has 0 spiro atoms. The van der Waals surface area contributed by atoms with Gasteiger partial charge in [0.2, 0.25) is 0 Å². The zero-order chi connectivity index (χ0) is 33.7. The Labute approximate surface area is 287 Å². The molecule has 1 aliphatic rings. The second kappa shape index (κ2) is 11.9. The highest BCUT2D eigenvalue weighted by molar-refractivity contribution is 6.10. The molecule has 0 aliphatic heterocycles. The van der Waals surface area contributed by atoms with Crippen molar-refractivity contribution in [3.8, 4) is 29.0 Å². The third-order valence-corrected chi connectivity index (χ3v) is 10.3. The minimum Gasteiger partial charge on any atom is -0.313 e. The quantitative estimate of drug-likeness (QED) is 0.183. The molecule has 4 nitrogen and oxygen atoms in total. The molecule has 1 unspecified atom stereocenters. The number of para-hydroxylation sites is 2. The predicted octanol–water partition coefficient (Wildman–Crippen LogP) is 11.2. The highest BCUT2D eigenvalue weighted by atomic mass is 15.0. The van der Waals surface area contributed by atoms with Gasteiger partial charge in [-0.2, -0.15) is 10.5 Å². The fourth-order valence-corrected chi connectivity index (χ4v) is 8.03. The zero-order valence-corrected chi connectivity index (χ0v) is 28.0. The van der Waals surface area contributed by atoms with Gasteiger partial charge in [-0.3, -0.25) is 0 Å². The molecule has 0 fully saturated rings. The van der Waals surface area contributed by atoms with Gasteiger partial charge in [0.05, 0.1) is 45.5 Å². The summed E-state index contributed by atoms with van der Waals surface area (Å²) >= 11 is 0. The number of aryl methyl sites for hydroxylation is 1. The second-order valence-corrected chi connectivity index (χ2v) is 13.4. The van der Waals surface area contributed by atoms with Crippen molar-refractivity contribution in [2.24, 2.45) is 0 Å². The number of rotatable bonds is 6. The summed E-state index contributed by atoms with van der Waals surface area (Å²) in [5, 5.41) is 23.6. The average Bonchev–Trinajstić information content (AvgIpc) is 3.62. The lowest BCUT2D eigenvalue weighted by Gasteiger charge is -2.32. The van der Waals surface area contributed by atoms with Gasteiger partial charge in [0.25, 0.3) is 0 Å². The van der Waals surface area contributed by atoms with Crippen molar-refractivity contribution in [2.45, 2.75) is 45.4 Å². The summed E-state index contributed by atoms with van der Waals surface area (Å²) in [5.41, 5.74) is 12.4. The molecule has 236 valence electrons. The lowest BCUT2D eigenvalue weighted by atomic mass is 9.75. The lowest BCUT2D eigenvalue weighted by Crippen LogP contribution is -2.23. The topological polar surface area (TPSA) is 57.4 Å². The van der Waals surface area contributed by atoms with Gasteiger partial charge >= 0.3 is 0 Å². The van der Waals surface area contributed by atoms with Crippen molar-refractivity contribution in [2.75, 3.05) is 0 Å². The number of aromatic nitrogens is 2. The van der Waals surface area contributed by atoms with Crippen LogP contribution in [-0.4, -0.2) is 9.13 Å². The third kappa shape index (κ3) is 4.80. The van der Waals surface area contributed by atoms with Crippen LogP contribution in [0.4, 0.5) is 0 Å². The molecule has 5 aromatic carbocycles. The molecule has 49 heavy (non-hydrogen) atoms. The van der Waals surface area contributed by atoms with Crippen molar-refractivity contribution >= 4 is 38.4 Å². The van der Waals surface area contributed by atoms with Crippen LogP contribution in [-0.2, 0) is 11.8 Å². The van der Waals surface area contributed by atoms with Gasteiger partial charge in [-0.25, -0.2) is 0 Å². The van der Waals surface area contributed by atoms with Gasteiger partial charge in [0.15, 0.2) is 0 Å². The van der Waals surface area contributed by atoms with E-state index in [1.54, 1.807) is 0 Å². The number of fused-ring (bicyclic) bond motifs is 4. The average molecular weight is 633 g/mol. The Hall–Kier alpha value is -6.10. The number of nitrogens with zero attached hydrogens (tertiary/aromatic N) is 4. The van der Waals surface area contributed by atoms with Gasteiger partial charge < -0.3 is 9.13 Å². The van der Waals surface area contributed by atoms with Crippen LogP contribution in [0.2, 0.25) is 0 Å². The number of hydrogen-bond acceptors (Lipinski definition) is 2. The van der Waals surface area contributed by atoms with Gasteiger partial charge in [-0.05, 0) is 78.6 Å². The van der Waals surface area contributed by atoms with Gasteiger partial charge in [-0.1, -0.05) is 99.2 Å². The molecule has 0 saturated carbocycles. The van der Waals surface area contributed by atoms with Gasteiger partial charge in [0, 0.05) is 44.9 Å². The molecule has 4 heteroatoms. The summed E-state index contributed by atoms with van der Waals surface area (Å²) in [5.74, 6) is 0. The maximum absolute atomic E-state index is 10.4. The molecular weight excluding hydrogens is 597 g/mol. The molecule has 2 heterocycles. The Morgan fingerprint density at radius 2 is 1.47 bits per heavy atom. The zero-order valence-electron chi connectivity index (χ0n) is 28.0. The monoisotopic (exact) mass is 632 g/mol. The van der Waals surface area contributed by atoms with Crippen LogP contribution in [0.5, 0.6) is 0 Å². The van der Waals surface area contributed by atoms with Gasteiger partial charge in [0.1, 0.15) is 0 Å². The van der Waals surface area contributed by atoms with Crippen LogP contribution in [0.15, 0.2) is 127 Å². The van der Waals surface area contributed by atoms with E-state index in [2.05, 4.69) is 145 Å². The van der Waals surface area contributed by atoms with E-state index in [-0.39, 0.29) is 5.41 Å². The maximum Gasteiger partial charge on any atom is 0.0998 e. The van der Waals surface area contributed by atoms with Crippen LogP contribution in [0.25, 0.3) is 55.2 Å². The first-order valence-corrected chi connectivity index (χ1v) is 17.0. The van der Waals surface area contributed by atoms with E-state index in [4.69, 9.17) is 0 Å². The Kier molecular flexibility index (Phi) is 7.32. The van der Waals surface area contributed by atoms with Crippen molar-refractivity contribution in [3.63, 3.8) is 0 Å². The second-order valence-electron chi connectivity index (χ2n) is 13.4. The van der Waals surface area contributed by atoms with E-state index in [0.29, 0.717) is 11.1 Å². The van der Waals surface area contributed by atoms with E-state index in [9.17, 15) is 10.5 Å². The molecule has 0 radical (unpaired) electrons. The number of hydrogen-bond donors (Lipinski definition) is 0. The molecule has 7 aromatic rings. The van der Waals surface area contributed by atoms with Crippen LogP contribution >= 0.6 is 0 Å². The summed E-state index contributed by atoms with van der Waals surface area (Å²) < 4.78 is 4.71. The normalized spacial score (nSPS) is 15.8. The summed E-state index contributed by atoms with van der Waals surface area (Å²) in [6.07, 6.45) is 9.56. The molecule has 0 amide bonds. The van der Waals surface area contributed by atoms with Crippen molar-refractivity contribution < 1.29 is 0 Å². The number of benzene rings is 5. The van der Waals surface area contributed by atoms with Crippen molar-refractivity contribution in [1.82, 2.24) is 9.13 Å². The number of nitriles is 2. The summed E-state index contributed by atoms with van der Waals surface area (Å²) in [4.78, 5) is 0. The molecule has 0 N–H and O–H groups in total. The summed E-state index contributed by atoms with van der Waals surface area (Å²) in [7, 11) is 0. The van der Waals surface area contributed by atoms with Crippen molar-refractivity contribution in [1.29, 1.82) is 10.5 Å². The summed E-state index contributed by atoms with van der Waals surface area (Å²) in [6.45, 7) is 6.74. The first-order valence-electron chi connectivity index (χ1n) is 17.0. The van der Waals surface area contributed by atoms with Crippen LogP contribution in [0, 0.1) is 29.6 Å². The fraction of sp³-hybridized carbons (Fsp3) is 0.156. The van der Waals surface area contributed by atoms with E-state index in [1.807, 2.05) is 24.3 Å². The fourth-order valence-electron chi connectivity index (χ4n) is 8.03. The van der Waals surface area contributed by atoms with E-state index in [1.165, 1.54) is 33.4 Å². The van der Waals surface area contributed by atoms with Crippen LogP contribution < -0.4 is 0 Å². The Morgan fingerprint density at radius 1 is 0.735 bits per heavy atom. The maximum atomic E-state index is 10.4. The molecule has 2 aromatic heterocycles. The van der Waals surface area contributed by atoms with Crippen molar-refractivity contribution in [3.05, 3.63) is 155 Å². The third-order valence-electron chi connectivity index (χ3n) is 10.3. The SMILES string of the molecule is CCCc1c(C)n(-c2cccc(C#N)c2-c2cccc(C3(C)C=CC=C(n4c5ccccc5c5cc(C#N)ccc54)C3)c2)c2ccccc12. The standard InChI is InChI=1S/C45H36N4/c1-4-12-36-30(2)48(40-19-7-5-17-37(36)40)43-21-10-14-33(29-47)44(43)32-13-9-15-34(26-32)45(3)24-11-16-35(27-45)49-41-20-8-6-18-38(41)39-25-31(28-46)22-23-42(39)49/h5-11,13-26H,4,12,27H2,1-3H3. The molecular formula is C45H36N4. The minimum absolute atomic E-state index is 0.295. The Balaban J connectivity index is 1.25. The molecule has 0 bridgehead atoms. The molecule has 0 saturated heterocycles. The minimum atomic E-state index is -0.295. The first kappa shape index (κ1) is 30.2. The molecule has 1 atom stereocenters. The Morgan fingerprint density at radius 3 is 2.24 bits per heavy atom. The van der Waals surface area contributed by atoms with Gasteiger partial charge in [-0.15, -0.1) is 0 Å². The van der Waals surface area contributed by atoms with Crippen LogP contribution in [0.1, 0.15) is 54.6 Å². The highest BCUT2D eigenvalue weighted by Crippen LogP contribution is 2.43. The summed E-state index contributed by atoms with van der Waals surface area (Å²) in [6, 6.07) is 42.8. The lowest BCUT2D eigenvalue weighted by molar-refractivity contribution is 0.599. The Bertz CT molecular complexity index is 2590. The van der Waals surface area contributed by atoms with Crippen LogP contribution in [0.3, 0.4) is 0 Å². The molecule has 1 aliphatic carbocycles. The number of allylic oxidation sites excluding steroid dienone is 4. The largest absolute Gasteiger partial charge is 0.313 e. The highest BCUT2D eigenvalue weighted by Gasteiger charge is 2.30. The predicted molar refractivity (Wildman–Crippen MR) is 202 cm³/mol. The smallest absolute Gasteiger partial charge is 0.0998 e. The van der Waals surface area contributed by atoms with E-state index in [0.717, 1.165) is 57.9 Å². The van der Waals surface area contributed by atoms with E-state index >= 15 is 0 Å². The first-order chi connectivity index (χ1) is 24.0. The van der Waals surface area contributed by atoms with E-state index < -0.39 is 0 Å².